The summed E-state index contributed by atoms with van der Waals surface area (Å²) in [5.74, 6) is -0.135. The highest BCUT2D eigenvalue weighted by atomic mass is 35.5. The van der Waals surface area contributed by atoms with Crippen LogP contribution >= 0.6 is 22.9 Å². The van der Waals surface area contributed by atoms with Gasteiger partial charge in [0, 0.05) is 23.7 Å². The molecular formula is C21H19ClN2OS. The molecule has 1 aromatic heterocycles. The van der Waals surface area contributed by atoms with E-state index in [1.54, 1.807) is 23.5 Å². The van der Waals surface area contributed by atoms with Gasteiger partial charge in [0.2, 0.25) is 0 Å². The Morgan fingerprint density at radius 1 is 1.12 bits per heavy atom. The maximum Gasteiger partial charge on any atom is 0.252 e. The van der Waals surface area contributed by atoms with Crippen molar-refractivity contribution in [1.82, 2.24) is 5.32 Å². The monoisotopic (exact) mass is 382 g/mol. The van der Waals surface area contributed by atoms with Gasteiger partial charge in [0.1, 0.15) is 0 Å². The standard InChI is InChI=1S/C21H19ClN2OS/c22-17-8-3-2-7-16(17)21(25)23-14-19(20-10-5-13-26-20)24-12-11-15-6-1-4-9-18(15)24/h1-10,13,19H,11-12,14H2,(H,23,25)/t19-/m0/s1. The quantitative estimate of drug-likeness (QED) is 0.678. The van der Waals surface area contributed by atoms with Gasteiger partial charge in [-0.25, -0.2) is 0 Å². The summed E-state index contributed by atoms with van der Waals surface area (Å²) in [7, 11) is 0. The number of benzene rings is 2. The van der Waals surface area contributed by atoms with E-state index in [2.05, 4.69) is 52.0 Å². The molecule has 3 nitrogen and oxygen atoms in total. The molecule has 4 rings (SSSR count). The van der Waals surface area contributed by atoms with Crippen molar-refractivity contribution < 1.29 is 4.79 Å². The van der Waals surface area contributed by atoms with E-state index in [0.717, 1.165) is 13.0 Å². The molecule has 1 atom stereocenters. The average molecular weight is 383 g/mol. The molecule has 1 N–H and O–H groups in total. The Hall–Kier alpha value is -2.30. The number of thiophene rings is 1. The first-order chi connectivity index (χ1) is 12.7. The fourth-order valence-corrected chi connectivity index (χ4v) is 4.52. The van der Waals surface area contributed by atoms with E-state index in [-0.39, 0.29) is 11.9 Å². The third-order valence-electron chi connectivity index (χ3n) is 4.75. The number of fused-ring (bicyclic) bond motifs is 1. The van der Waals surface area contributed by atoms with Gasteiger partial charge in [0.05, 0.1) is 16.6 Å². The smallest absolute Gasteiger partial charge is 0.252 e. The van der Waals surface area contributed by atoms with Crippen LogP contribution in [0.3, 0.4) is 0 Å². The summed E-state index contributed by atoms with van der Waals surface area (Å²) in [6, 6.07) is 20.0. The molecule has 0 unspecified atom stereocenters. The zero-order valence-corrected chi connectivity index (χ0v) is 15.8. The second kappa shape index (κ2) is 7.52. The molecule has 0 aliphatic carbocycles. The Morgan fingerprint density at radius 2 is 1.92 bits per heavy atom. The maximum absolute atomic E-state index is 12.6. The van der Waals surface area contributed by atoms with Crippen LogP contribution in [0.15, 0.2) is 66.0 Å². The van der Waals surface area contributed by atoms with Crippen molar-refractivity contribution in [2.45, 2.75) is 12.5 Å². The first kappa shape index (κ1) is 17.1. The van der Waals surface area contributed by atoms with E-state index < -0.39 is 0 Å². The molecular weight excluding hydrogens is 364 g/mol. The number of para-hydroxylation sites is 1. The van der Waals surface area contributed by atoms with Crippen molar-refractivity contribution in [3.05, 3.63) is 87.1 Å². The molecule has 0 bridgehead atoms. The van der Waals surface area contributed by atoms with Crippen molar-refractivity contribution in [3.8, 4) is 0 Å². The minimum atomic E-state index is -0.135. The predicted molar refractivity (Wildman–Crippen MR) is 108 cm³/mol. The number of rotatable bonds is 5. The van der Waals surface area contributed by atoms with Gasteiger partial charge >= 0.3 is 0 Å². The van der Waals surface area contributed by atoms with Crippen LogP contribution < -0.4 is 10.2 Å². The molecule has 0 saturated carbocycles. The highest BCUT2D eigenvalue weighted by Gasteiger charge is 2.28. The zero-order chi connectivity index (χ0) is 17.9. The Kier molecular flexibility index (Phi) is 4.96. The molecule has 5 heteroatoms. The number of nitrogens with zero attached hydrogens (tertiary/aromatic N) is 1. The van der Waals surface area contributed by atoms with Gasteiger partial charge < -0.3 is 10.2 Å². The van der Waals surface area contributed by atoms with Crippen molar-refractivity contribution in [2.75, 3.05) is 18.0 Å². The van der Waals surface area contributed by atoms with Crippen LogP contribution in [0.5, 0.6) is 0 Å². The van der Waals surface area contributed by atoms with E-state index in [1.807, 2.05) is 12.1 Å². The first-order valence-corrected chi connectivity index (χ1v) is 9.90. The molecule has 3 aromatic rings. The van der Waals surface area contributed by atoms with Crippen LogP contribution in [0.1, 0.15) is 26.8 Å². The number of hydrogen-bond acceptors (Lipinski definition) is 3. The SMILES string of the molecule is O=C(NC[C@@H](c1cccs1)N1CCc2ccccc21)c1ccccc1Cl. The lowest BCUT2D eigenvalue weighted by Gasteiger charge is -2.30. The van der Waals surface area contributed by atoms with Gasteiger partial charge in [0.15, 0.2) is 0 Å². The summed E-state index contributed by atoms with van der Waals surface area (Å²) in [6.07, 6.45) is 1.04. The molecule has 26 heavy (non-hydrogen) atoms. The number of halogens is 1. The van der Waals surface area contributed by atoms with Gasteiger partial charge in [0.25, 0.3) is 5.91 Å². The van der Waals surface area contributed by atoms with Crippen molar-refractivity contribution in [3.63, 3.8) is 0 Å². The lowest BCUT2D eigenvalue weighted by molar-refractivity contribution is 0.0951. The summed E-state index contributed by atoms with van der Waals surface area (Å²) in [6.45, 7) is 1.50. The average Bonchev–Trinajstić information content (AvgIpc) is 3.33. The van der Waals surface area contributed by atoms with Crippen LogP contribution in [0.25, 0.3) is 0 Å². The highest BCUT2D eigenvalue weighted by molar-refractivity contribution is 7.10. The fraction of sp³-hybridized carbons (Fsp3) is 0.190. The van der Waals surface area contributed by atoms with Crippen LogP contribution in [-0.2, 0) is 6.42 Å². The topological polar surface area (TPSA) is 32.3 Å². The molecule has 0 fully saturated rings. The third-order valence-corrected chi connectivity index (χ3v) is 6.05. The largest absolute Gasteiger partial charge is 0.361 e. The number of amides is 1. The number of nitrogens with one attached hydrogen (secondary N) is 1. The lowest BCUT2D eigenvalue weighted by Crippen LogP contribution is -2.37. The molecule has 0 radical (unpaired) electrons. The second-order valence-corrected chi connectivity index (χ2v) is 7.68. The highest BCUT2D eigenvalue weighted by Crippen LogP contribution is 2.36. The van der Waals surface area contributed by atoms with Gasteiger partial charge in [-0.05, 0) is 41.6 Å². The summed E-state index contributed by atoms with van der Waals surface area (Å²) < 4.78 is 0. The van der Waals surface area contributed by atoms with Gasteiger partial charge in [-0.15, -0.1) is 11.3 Å². The minimum Gasteiger partial charge on any atom is -0.361 e. The molecule has 2 heterocycles. The molecule has 132 valence electrons. The molecule has 0 spiro atoms. The minimum absolute atomic E-state index is 0.116. The van der Waals surface area contributed by atoms with Crippen LogP contribution in [0.4, 0.5) is 5.69 Å². The number of anilines is 1. The molecule has 1 aliphatic rings. The summed E-state index contributed by atoms with van der Waals surface area (Å²) in [5, 5.41) is 5.64. The van der Waals surface area contributed by atoms with Crippen molar-refractivity contribution >= 4 is 34.5 Å². The van der Waals surface area contributed by atoms with E-state index in [1.165, 1.54) is 16.1 Å². The Bertz CT molecular complexity index is 910. The zero-order valence-electron chi connectivity index (χ0n) is 14.2. The summed E-state index contributed by atoms with van der Waals surface area (Å²) in [4.78, 5) is 16.2. The maximum atomic E-state index is 12.6. The van der Waals surface area contributed by atoms with Gasteiger partial charge in [-0.2, -0.15) is 0 Å². The first-order valence-electron chi connectivity index (χ1n) is 8.65. The molecule has 1 aliphatic heterocycles. The Morgan fingerprint density at radius 3 is 2.73 bits per heavy atom. The third kappa shape index (κ3) is 3.35. The summed E-state index contributed by atoms with van der Waals surface area (Å²) >= 11 is 7.88. The molecule has 0 saturated heterocycles. The Labute approximate surface area is 162 Å². The van der Waals surface area contributed by atoms with Crippen LogP contribution in [0.2, 0.25) is 5.02 Å². The van der Waals surface area contributed by atoms with E-state index in [4.69, 9.17) is 11.6 Å². The van der Waals surface area contributed by atoms with Crippen LogP contribution in [-0.4, -0.2) is 19.0 Å². The van der Waals surface area contributed by atoms with Crippen molar-refractivity contribution in [2.24, 2.45) is 0 Å². The normalized spacial score (nSPS) is 14.1. The number of carbonyl (C=O) groups is 1. The number of hydrogen-bond donors (Lipinski definition) is 1. The Balaban J connectivity index is 1.56. The number of carbonyl (C=O) groups excluding carboxylic acids is 1. The van der Waals surface area contributed by atoms with Gasteiger partial charge in [-0.3, -0.25) is 4.79 Å². The van der Waals surface area contributed by atoms with E-state index in [0.29, 0.717) is 17.1 Å². The molecule has 1 amide bonds. The van der Waals surface area contributed by atoms with Gasteiger partial charge in [-0.1, -0.05) is 48.0 Å². The van der Waals surface area contributed by atoms with E-state index >= 15 is 0 Å². The predicted octanol–water partition coefficient (Wildman–Crippen LogP) is 4.94. The van der Waals surface area contributed by atoms with E-state index in [9.17, 15) is 4.79 Å². The lowest BCUT2D eigenvalue weighted by atomic mass is 10.1. The second-order valence-electron chi connectivity index (χ2n) is 6.29. The fourth-order valence-electron chi connectivity index (χ4n) is 3.46. The molecule has 2 aromatic carbocycles. The van der Waals surface area contributed by atoms with Crippen LogP contribution in [0, 0.1) is 0 Å². The van der Waals surface area contributed by atoms with Crippen molar-refractivity contribution in [1.29, 1.82) is 0 Å². The summed E-state index contributed by atoms with van der Waals surface area (Å²) in [5.41, 5.74) is 3.14.